The van der Waals surface area contributed by atoms with Crippen LogP contribution in [-0.4, -0.2) is 40.0 Å². The van der Waals surface area contributed by atoms with E-state index >= 15 is 0 Å². The van der Waals surface area contributed by atoms with Crippen LogP contribution in [0.5, 0.6) is 5.75 Å². The molecule has 1 atom stereocenters. The van der Waals surface area contributed by atoms with Crippen LogP contribution in [0.1, 0.15) is 24.2 Å². The fraction of sp³-hybridized carbons (Fsp3) is 0.444. The summed E-state index contributed by atoms with van der Waals surface area (Å²) >= 11 is 0. The normalized spacial score (nSPS) is 17.8. The van der Waals surface area contributed by atoms with E-state index in [0.717, 1.165) is 37.5 Å². The van der Waals surface area contributed by atoms with E-state index in [4.69, 9.17) is 4.74 Å². The zero-order chi connectivity index (χ0) is 16.9. The molecule has 1 saturated heterocycles. The van der Waals surface area contributed by atoms with Gasteiger partial charge >= 0.3 is 0 Å². The fourth-order valence-corrected chi connectivity index (χ4v) is 3.09. The standard InChI is InChI=1S/C18H24N4O2/c1-19-18(23)16-4-3-10-22(16)12-14-5-7-15(8-6-14)24-13-17-20-9-11-21(17)2/h5-9,11,16H,3-4,10,12-13H2,1-2H3,(H,19,23). The van der Waals surface area contributed by atoms with Gasteiger partial charge in [-0.15, -0.1) is 0 Å². The lowest BCUT2D eigenvalue weighted by Crippen LogP contribution is -2.41. The second-order valence-electron chi connectivity index (χ2n) is 6.13. The van der Waals surface area contributed by atoms with Crippen LogP contribution >= 0.6 is 0 Å². The SMILES string of the molecule is CNC(=O)C1CCCN1Cc1ccc(OCc2nccn2C)cc1. The van der Waals surface area contributed by atoms with Crippen molar-refractivity contribution in [3.8, 4) is 5.75 Å². The van der Waals surface area contributed by atoms with Gasteiger partial charge in [0.15, 0.2) is 0 Å². The Bertz CT molecular complexity index is 681. The number of rotatable bonds is 6. The van der Waals surface area contributed by atoms with Crippen molar-refractivity contribution in [3.05, 3.63) is 48.0 Å². The predicted octanol–water partition coefficient (Wildman–Crippen LogP) is 1.71. The van der Waals surface area contributed by atoms with E-state index in [1.165, 1.54) is 5.56 Å². The van der Waals surface area contributed by atoms with Gasteiger partial charge in [-0.2, -0.15) is 0 Å². The molecule has 0 radical (unpaired) electrons. The molecule has 1 amide bonds. The van der Waals surface area contributed by atoms with E-state index in [9.17, 15) is 4.79 Å². The monoisotopic (exact) mass is 328 g/mol. The first-order valence-electron chi connectivity index (χ1n) is 8.31. The molecule has 2 aromatic rings. The van der Waals surface area contributed by atoms with Gasteiger partial charge in [0.1, 0.15) is 18.2 Å². The molecule has 1 aliphatic rings. The van der Waals surface area contributed by atoms with Crippen LogP contribution in [0.25, 0.3) is 0 Å². The summed E-state index contributed by atoms with van der Waals surface area (Å²) < 4.78 is 7.72. The number of likely N-dealkylation sites (tertiary alicyclic amines) is 1. The van der Waals surface area contributed by atoms with E-state index in [1.54, 1.807) is 13.2 Å². The lowest BCUT2D eigenvalue weighted by molar-refractivity contribution is -0.125. The quantitative estimate of drug-likeness (QED) is 0.877. The first-order chi connectivity index (χ1) is 11.7. The maximum absolute atomic E-state index is 11.9. The summed E-state index contributed by atoms with van der Waals surface area (Å²) in [5.74, 6) is 1.83. The number of ether oxygens (including phenoxy) is 1. The van der Waals surface area contributed by atoms with Crippen molar-refractivity contribution in [3.63, 3.8) is 0 Å². The molecule has 6 nitrogen and oxygen atoms in total. The third kappa shape index (κ3) is 3.76. The molecule has 0 aliphatic carbocycles. The number of hydrogen-bond acceptors (Lipinski definition) is 4. The Kier molecular flexibility index (Phi) is 5.15. The summed E-state index contributed by atoms with van der Waals surface area (Å²) in [6, 6.07) is 8.07. The van der Waals surface area contributed by atoms with Crippen molar-refractivity contribution in [2.75, 3.05) is 13.6 Å². The number of benzene rings is 1. The Hall–Kier alpha value is -2.34. The number of aromatic nitrogens is 2. The fourth-order valence-electron chi connectivity index (χ4n) is 3.09. The molecule has 1 fully saturated rings. The smallest absolute Gasteiger partial charge is 0.237 e. The molecule has 0 saturated carbocycles. The Morgan fingerprint density at radius 2 is 2.17 bits per heavy atom. The zero-order valence-corrected chi connectivity index (χ0v) is 14.2. The van der Waals surface area contributed by atoms with Gasteiger partial charge < -0.3 is 14.6 Å². The van der Waals surface area contributed by atoms with Crippen molar-refractivity contribution < 1.29 is 9.53 Å². The van der Waals surface area contributed by atoms with Crippen molar-refractivity contribution in [2.45, 2.75) is 32.0 Å². The molecule has 6 heteroatoms. The molecular weight excluding hydrogens is 304 g/mol. The molecule has 2 heterocycles. The van der Waals surface area contributed by atoms with E-state index in [0.29, 0.717) is 6.61 Å². The minimum absolute atomic E-state index is 0.00524. The average molecular weight is 328 g/mol. The van der Waals surface area contributed by atoms with Crippen LogP contribution < -0.4 is 10.1 Å². The van der Waals surface area contributed by atoms with Crippen molar-refractivity contribution in [2.24, 2.45) is 7.05 Å². The Morgan fingerprint density at radius 1 is 1.38 bits per heavy atom. The van der Waals surface area contributed by atoms with Crippen LogP contribution in [0.4, 0.5) is 0 Å². The number of aryl methyl sites for hydroxylation is 1. The number of carbonyl (C=O) groups excluding carboxylic acids is 1. The molecular formula is C18H24N4O2. The third-order valence-electron chi connectivity index (χ3n) is 4.51. The van der Waals surface area contributed by atoms with Crippen LogP contribution in [0.2, 0.25) is 0 Å². The zero-order valence-electron chi connectivity index (χ0n) is 14.2. The highest BCUT2D eigenvalue weighted by molar-refractivity contribution is 5.81. The van der Waals surface area contributed by atoms with E-state index in [2.05, 4.69) is 27.3 Å². The molecule has 1 aromatic heterocycles. The van der Waals surface area contributed by atoms with Crippen LogP contribution in [0.15, 0.2) is 36.7 Å². The summed E-state index contributed by atoms with van der Waals surface area (Å²) in [6.07, 6.45) is 5.68. The Labute approximate surface area is 142 Å². The minimum atomic E-state index is -0.00524. The molecule has 0 bridgehead atoms. The molecule has 1 aliphatic heterocycles. The highest BCUT2D eigenvalue weighted by atomic mass is 16.5. The largest absolute Gasteiger partial charge is 0.486 e. The highest BCUT2D eigenvalue weighted by Gasteiger charge is 2.29. The van der Waals surface area contributed by atoms with Crippen molar-refractivity contribution >= 4 is 5.91 Å². The number of imidazole rings is 1. The third-order valence-corrected chi connectivity index (χ3v) is 4.51. The number of carbonyl (C=O) groups is 1. The number of amides is 1. The predicted molar refractivity (Wildman–Crippen MR) is 91.5 cm³/mol. The number of hydrogen-bond donors (Lipinski definition) is 1. The van der Waals surface area contributed by atoms with Crippen LogP contribution in [0, 0.1) is 0 Å². The molecule has 0 spiro atoms. The van der Waals surface area contributed by atoms with Gasteiger partial charge in [0.2, 0.25) is 5.91 Å². The maximum Gasteiger partial charge on any atom is 0.237 e. The minimum Gasteiger partial charge on any atom is -0.486 e. The first kappa shape index (κ1) is 16.5. The summed E-state index contributed by atoms with van der Waals surface area (Å²) in [4.78, 5) is 18.4. The first-order valence-corrected chi connectivity index (χ1v) is 8.31. The van der Waals surface area contributed by atoms with Gasteiger partial charge in [-0.25, -0.2) is 4.98 Å². The van der Waals surface area contributed by atoms with Crippen LogP contribution in [-0.2, 0) is 25.0 Å². The van der Waals surface area contributed by atoms with Crippen molar-refractivity contribution in [1.29, 1.82) is 0 Å². The van der Waals surface area contributed by atoms with Gasteiger partial charge in [0.05, 0.1) is 6.04 Å². The van der Waals surface area contributed by atoms with Crippen molar-refractivity contribution in [1.82, 2.24) is 19.8 Å². The van der Waals surface area contributed by atoms with Gasteiger partial charge in [-0.05, 0) is 37.1 Å². The second-order valence-corrected chi connectivity index (χ2v) is 6.13. The average Bonchev–Trinajstić information content (AvgIpc) is 3.22. The van der Waals surface area contributed by atoms with Crippen LogP contribution in [0.3, 0.4) is 0 Å². The summed E-state index contributed by atoms with van der Waals surface area (Å²) in [5.41, 5.74) is 1.19. The summed E-state index contributed by atoms with van der Waals surface area (Å²) in [7, 11) is 3.65. The number of likely N-dealkylation sites (N-methyl/N-ethyl adjacent to an activating group) is 1. The Balaban J connectivity index is 1.56. The highest BCUT2D eigenvalue weighted by Crippen LogP contribution is 2.21. The van der Waals surface area contributed by atoms with Gasteiger partial charge in [-0.1, -0.05) is 12.1 Å². The number of nitrogens with zero attached hydrogens (tertiary/aromatic N) is 3. The van der Waals surface area contributed by atoms with E-state index < -0.39 is 0 Å². The molecule has 1 N–H and O–H groups in total. The molecule has 128 valence electrons. The molecule has 1 aromatic carbocycles. The lowest BCUT2D eigenvalue weighted by Gasteiger charge is -2.23. The maximum atomic E-state index is 11.9. The summed E-state index contributed by atoms with van der Waals surface area (Å²) in [5, 5.41) is 2.76. The molecule has 1 unspecified atom stereocenters. The van der Waals surface area contributed by atoms with E-state index in [-0.39, 0.29) is 11.9 Å². The second kappa shape index (κ2) is 7.49. The van der Waals surface area contributed by atoms with Gasteiger partial charge in [0, 0.05) is 33.0 Å². The van der Waals surface area contributed by atoms with E-state index in [1.807, 2.05) is 29.9 Å². The number of nitrogens with one attached hydrogen (secondary N) is 1. The molecule has 3 rings (SSSR count). The summed E-state index contributed by atoms with van der Waals surface area (Å²) in [6.45, 7) is 2.21. The lowest BCUT2D eigenvalue weighted by atomic mass is 10.1. The van der Waals surface area contributed by atoms with Gasteiger partial charge in [-0.3, -0.25) is 9.69 Å². The van der Waals surface area contributed by atoms with Gasteiger partial charge in [0.25, 0.3) is 0 Å². The Morgan fingerprint density at radius 3 is 2.83 bits per heavy atom. The molecule has 24 heavy (non-hydrogen) atoms. The topological polar surface area (TPSA) is 59.4 Å².